The van der Waals surface area contributed by atoms with Crippen molar-refractivity contribution in [2.45, 2.75) is 52.2 Å². The Morgan fingerprint density at radius 3 is 2.65 bits per heavy atom. The first-order chi connectivity index (χ1) is 14.9. The average Bonchev–Trinajstić information content (AvgIpc) is 3.62. The molecule has 5 nitrogen and oxygen atoms in total. The molecule has 31 heavy (non-hydrogen) atoms. The van der Waals surface area contributed by atoms with Crippen LogP contribution in [-0.2, 0) is 16.0 Å². The van der Waals surface area contributed by atoms with E-state index < -0.39 is 6.10 Å². The van der Waals surface area contributed by atoms with Gasteiger partial charge >= 0.3 is 0 Å². The van der Waals surface area contributed by atoms with Gasteiger partial charge in [0, 0.05) is 26.1 Å². The Labute approximate surface area is 185 Å². The molecule has 0 radical (unpaired) electrons. The smallest absolute Gasteiger partial charge is 0.263 e. The van der Waals surface area contributed by atoms with E-state index >= 15 is 0 Å². The van der Waals surface area contributed by atoms with E-state index in [1.54, 1.807) is 18.9 Å². The SMILES string of the molecule is CCN(C)C(=O)C(C)Oc1ccc2c(c1)C(c1cccc(C)c1)N(C(=O)C1CC1)CC2. The van der Waals surface area contributed by atoms with Crippen molar-refractivity contribution in [2.75, 3.05) is 20.1 Å². The van der Waals surface area contributed by atoms with Gasteiger partial charge in [-0.3, -0.25) is 9.59 Å². The van der Waals surface area contributed by atoms with Gasteiger partial charge in [0.2, 0.25) is 5.91 Å². The van der Waals surface area contributed by atoms with Gasteiger partial charge in [-0.25, -0.2) is 0 Å². The summed E-state index contributed by atoms with van der Waals surface area (Å²) in [4.78, 5) is 29.3. The van der Waals surface area contributed by atoms with Gasteiger partial charge in [0.1, 0.15) is 5.75 Å². The average molecular weight is 421 g/mol. The molecule has 2 aromatic carbocycles. The summed E-state index contributed by atoms with van der Waals surface area (Å²) in [7, 11) is 1.78. The number of amides is 2. The molecule has 1 saturated carbocycles. The van der Waals surface area contributed by atoms with Crippen molar-refractivity contribution in [3.05, 3.63) is 64.7 Å². The van der Waals surface area contributed by atoms with Gasteiger partial charge in [0.25, 0.3) is 5.91 Å². The monoisotopic (exact) mass is 420 g/mol. The number of carbonyl (C=O) groups is 2. The van der Waals surface area contributed by atoms with Crippen LogP contribution in [0.25, 0.3) is 0 Å². The largest absolute Gasteiger partial charge is 0.481 e. The van der Waals surface area contributed by atoms with Gasteiger partial charge < -0.3 is 14.5 Å². The summed E-state index contributed by atoms with van der Waals surface area (Å²) in [6, 6.07) is 14.4. The van der Waals surface area contributed by atoms with Gasteiger partial charge in [-0.2, -0.15) is 0 Å². The first kappa shape index (κ1) is 21.4. The minimum atomic E-state index is -0.562. The summed E-state index contributed by atoms with van der Waals surface area (Å²) in [5.41, 5.74) is 4.65. The maximum Gasteiger partial charge on any atom is 0.263 e. The van der Waals surface area contributed by atoms with Crippen molar-refractivity contribution in [1.29, 1.82) is 0 Å². The first-order valence-corrected chi connectivity index (χ1v) is 11.3. The van der Waals surface area contributed by atoms with Crippen LogP contribution in [0.5, 0.6) is 5.75 Å². The molecule has 0 bridgehead atoms. The fraction of sp³-hybridized carbons (Fsp3) is 0.462. The molecule has 164 valence electrons. The predicted molar refractivity (Wildman–Crippen MR) is 121 cm³/mol. The van der Waals surface area contributed by atoms with Gasteiger partial charge in [-0.1, -0.05) is 35.9 Å². The minimum absolute atomic E-state index is 0.0407. The number of ether oxygens (including phenoxy) is 1. The van der Waals surface area contributed by atoms with E-state index in [0.717, 1.165) is 36.9 Å². The molecule has 2 unspecified atom stereocenters. The number of aryl methyl sites for hydroxylation is 1. The van der Waals surface area contributed by atoms with Crippen molar-refractivity contribution in [2.24, 2.45) is 5.92 Å². The highest BCUT2D eigenvalue weighted by Crippen LogP contribution is 2.41. The molecule has 0 N–H and O–H groups in total. The lowest BCUT2D eigenvalue weighted by Crippen LogP contribution is -2.41. The standard InChI is InChI=1S/C26H32N2O3/c1-5-27(4)25(29)18(3)31-22-12-11-19-13-14-28(26(30)20-9-10-20)24(23(19)16-22)21-8-6-7-17(2)15-21/h6-8,11-12,15-16,18,20,24H,5,9-10,13-14H2,1-4H3. The minimum Gasteiger partial charge on any atom is -0.481 e. The highest BCUT2D eigenvalue weighted by molar-refractivity contribution is 5.82. The normalized spacial score (nSPS) is 18.8. The van der Waals surface area contributed by atoms with Crippen LogP contribution in [-0.4, -0.2) is 47.9 Å². The van der Waals surface area contributed by atoms with Crippen LogP contribution in [0.1, 0.15) is 55.0 Å². The zero-order valence-corrected chi connectivity index (χ0v) is 18.9. The Bertz CT molecular complexity index is 982. The number of rotatable bonds is 6. The van der Waals surface area contributed by atoms with E-state index in [-0.39, 0.29) is 23.8 Å². The van der Waals surface area contributed by atoms with E-state index in [0.29, 0.717) is 12.3 Å². The lowest BCUT2D eigenvalue weighted by molar-refractivity contribution is -0.136. The van der Waals surface area contributed by atoms with Crippen molar-refractivity contribution in [3.8, 4) is 5.75 Å². The highest BCUT2D eigenvalue weighted by Gasteiger charge is 2.39. The van der Waals surface area contributed by atoms with Gasteiger partial charge in [0.15, 0.2) is 6.10 Å². The highest BCUT2D eigenvalue weighted by atomic mass is 16.5. The summed E-state index contributed by atoms with van der Waals surface area (Å²) in [6.07, 6.45) is 2.27. The number of carbonyl (C=O) groups excluding carboxylic acids is 2. The summed E-state index contributed by atoms with van der Waals surface area (Å²) in [5, 5.41) is 0. The third-order valence-corrected chi connectivity index (χ3v) is 6.42. The van der Waals surface area contributed by atoms with Crippen LogP contribution in [0.4, 0.5) is 0 Å². The van der Waals surface area contributed by atoms with Crippen molar-refractivity contribution in [3.63, 3.8) is 0 Å². The molecule has 4 rings (SSSR count). The third kappa shape index (κ3) is 4.46. The third-order valence-electron chi connectivity index (χ3n) is 6.42. The zero-order valence-electron chi connectivity index (χ0n) is 18.9. The van der Waals surface area contributed by atoms with Crippen molar-refractivity contribution < 1.29 is 14.3 Å². The lowest BCUT2D eigenvalue weighted by atomic mass is 9.87. The fourth-order valence-corrected chi connectivity index (χ4v) is 4.39. The number of benzene rings is 2. The van der Waals surface area contributed by atoms with E-state index in [1.165, 1.54) is 11.1 Å². The van der Waals surface area contributed by atoms with Crippen LogP contribution < -0.4 is 4.74 Å². The Morgan fingerprint density at radius 1 is 1.19 bits per heavy atom. The van der Waals surface area contributed by atoms with Crippen LogP contribution in [0, 0.1) is 12.8 Å². The molecular weight excluding hydrogens is 388 g/mol. The van der Waals surface area contributed by atoms with Gasteiger partial charge in [0.05, 0.1) is 6.04 Å². The molecule has 1 aliphatic carbocycles. The molecular formula is C26H32N2O3. The molecule has 5 heteroatoms. The lowest BCUT2D eigenvalue weighted by Gasteiger charge is -2.38. The molecule has 2 amide bonds. The van der Waals surface area contributed by atoms with Crippen LogP contribution >= 0.6 is 0 Å². The molecule has 0 aromatic heterocycles. The summed E-state index contributed by atoms with van der Waals surface area (Å²) in [6.45, 7) is 7.19. The molecule has 1 aliphatic heterocycles. The molecule has 2 aliphatic rings. The Balaban J connectivity index is 1.69. The number of likely N-dealkylation sites (N-methyl/N-ethyl adjacent to an activating group) is 1. The first-order valence-electron chi connectivity index (χ1n) is 11.3. The predicted octanol–water partition coefficient (Wildman–Crippen LogP) is 4.12. The maximum absolute atomic E-state index is 13.1. The number of fused-ring (bicyclic) bond motifs is 1. The zero-order chi connectivity index (χ0) is 22.1. The molecule has 0 spiro atoms. The molecule has 1 heterocycles. The summed E-state index contributed by atoms with van der Waals surface area (Å²) in [5.74, 6) is 1.07. The molecule has 1 fully saturated rings. The number of hydrogen-bond donors (Lipinski definition) is 0. The quantitative estimate of drug-likeness (QED) is 0.706. The number of hydrogen-bond acceptors (Lipinski definition) is 3. The van der Waals surface area contributed by atoms with Crippen molar-refractivity contribution in [1.82, 2.24) is 9.80 Å². The van der Waals surface area contributed by atoms with Crippen LogP contribution in [0.15, 0.2) is 42.5 Å². The van der Waals surface area contributed by atoms with E-state index in [1.807, 2.05) is 19.1 Å². The van der Waals surface area contributed by atoms with E-state index in [2.05, 4.69) is 42.2 Å². The van der Waals surface area contributed by atoms with E-state index in [4.69, 9.17) is 4.74 Å². The summed E-state index contributed by atoms with van der Waals surface area (Å²) < 4.78 is 6.03. The summed E-state index contributed by atoms with van der Waals surface area (Å²) >= 11 is 0. The van der Waals surface area contributed by atoms with Crippen LogP contribution in [0.2, 0.25) is 0 Å². The number of nitrogens with zero attached hydrogens (tertiary/aromatic N) is 2. The fourth-order valence-electron chi connectivity index (χ4n) is 4.39. The second-order valence-electron chi connectivity index (χ2n) is 8.85. The molecule has 2 atom stereocenters. The Kier molecular flexibility index (Phi) is 6.03. The Morgan fingerprint density at radius 2 is 1.97 bits per heavy atom. The van der Waals surface area contributed by atoms with Crippen molar-refractivity contribution >= 4 is 11.8 Å². The van der Waals surface area contributed by atoms with Gasteiger partial charge in [-0.15, -0.1) is 0 Å². The van der Waals surface area contributed by atoms with Gasteiger partial charge in [-0.05, 0) is 68.9 Å². The maximum atomic E-state index is 13.1. The topological polar surface area (TPSA) is 49.9 Å². The Hall–Kier alpha value is -2.82. The van der Waals surface area contributed by atoms with Crippen LogP contribution in [0.3, 0.4) is 0 Å². The second-order valence-corrected chi connectivity index (χ2v) is 8.85. The molecule has 0 saturated heterocycles. The second kappa shape index (κ2) is 8.74. The molecule has 2 aromatic rings. The van der Waals surface area contributed by atoms with E-state index in [9.17, 15) is 9.59 Å².